The number of alkyl halides is 3. The first-order chi connectivity index (χ1) is 9.20. The molecule has 20 heavy (non-hydrogen) atoms. The molecule has 2 nitrogen and oxygen atoms in total. The Balaban J connectivity index is 2.71. The van der Waals surface area contributed by atoms with E-state index in [1.54, 1.807) is 0 Å². The Morgan fingerprint density at radius 2 is 1.75 bits per heavy atom. The summed E-state index contributed by atoms with van der Waals surface area (Å²) in [4.78, 5) is 3.58. The number of hydrogen-bond donors (Lipinski definition) is 1. The second kappa shape index (κ2) is 4.73. The fraction of sp³-hybridized carbons (Fsp3) is 0.154. The van der Waals surface area contributed by atoms with Crippen LogP contribution in [0.5, 0.6) is 0 Å². The van der Waals surface area contributed by atoms with Gasteiger partial charge in [-0.3, -0.25) is 0 Å². The second-order valence-corrected chi connectivity index (χ2v) is 4.22. The van der Waals surface area contributed by atoms with Gasteiger partial charge in [-0.25, -0.2) is 13.8 Å². The van der Waals surface area contributed by atoms with E-state index in [1.807, 2.05) is 0 Å². The first-order valence-electron chi connectivity index (χ1n) is 5.50. The number of nitrogen functional groups attached to an aromatic ring is 1. The molecular formula is C13H9F5N2. The summed E-state index contributed by atoms with van der Waals surface area (Å²) in [6.07, 6.45) is -4.68. The van der Waals surface area contributed by atoms with E-state index in [-0.39, 0.29) is 5.56 Å². The van der Waals surface area contributed by atoms with Crippen molar-refractivity contribution in [1.82, 2.24) is 4.98 Å². The fourth-order valence-electron chi connectivity index (χ4n) is 1.74. The topological polar surface area (TPSA) is 38.9 Å². The Kier molecular flexibility index (Phi) is 3.37. The van der Waals surface area contributed by atoms with Crippen LogP contribution in [0.15, 0.2) is 24.3 Å². The van der Waals surface area contributed by atoms with Gasteiger partial charge < -0.3 is 5.73 Å². The smallest absolute Gasteiger partial charge is 0.384 e. The van der Waals surface area contributed by atoms with Gasteiger partial charge in [-0.1, -0.05) is 6.07 Å². The van der Waals surface area contributed by atoms with E-state index in [0.717, 1.165) is 6.07 Å². The van der Waals surface area contributed by atoms with Gasteiger partial charge in [-0.15, -0.1) is 0 Å². The van der Waals surface area contributed by atoms with E-state index < -0.39 is 40.4 Å². The summed E-state index contributed by atoms with van der Waals surface area (Å²) in [6, 6.07) is 3.32. The number of benzene rings is 1. The van der Waals surface area contributed by atoms with Crippen molar-refractivity contribution in [3.63, 3.8) is 0 Å². The van der Waals surface area contributed by atoms with Gasteiger partial charge >= 0.3 is 6.18 Å². The van der Waals surface area contributed by atoms with Crippen LogP contribution in [0.4, 0.5) is 27.8 Å². The van der Waals surface area contributed by atoms with Gasteiger partial charge in [-0.05, 0) is 30.7 Å². The summed E-state index contributed by atoms with van der Waals surface area (Å²) in [7, 11) is 0. The third-order valence-electron chi connectivity index (χ3n) is 2.71. The molecule has 0 saturated heterocycles. The summed E-state index contributed by atoms with van der Waals surface area (Å²) in [5, 5.41) is 0. The lowest BCUT2D eigenvalue weighted by Gasteiger charge is -2.11. The lowest BCUT2D eigenvalue weighted by molar-refractivity contribution is -0.137. The standard InChI is InChI=1S/C13H9F5N2/c1-6-2-3-8(14)11(12(6)15)9-4-7(13(16,17)18)5-10(19)20-9/h2-5H,1H3,(H2,19,20). The van der Waals surface area contributed by atoms with Crippen LogP contribution < -0.4 is 5.73 Å². The van der Waals surface area contributed by atoms with Gasteiger partial charge in [0.1, 0.15) is 17.5 Å². The van der Waals surface area contributed by atoms with E-state index >= 15 is 0 Å². The highest BCUT2D eigenvalue weighted by Crippen LogP contribution is 2.34. The van der Waals surface area contributed by atoms with Crippen molar-refractivity contribution >= 4 is 5.82 Å². The molecule has 0 saturated carbocycles. The zero-order chi connectivity index (χ0) is 15.1. The number of aryl methyl sites for hydroxylation is 1. The molecule has 0 aliphatic heterocycles. The molecule has 2 rings (SSSR count). The molecule has 0 fully saturated rings. The SMILES string of the molecule is Cc1ccc(F)c(-c2cc(C(F)(F)F)cc(N)n2)c1F. The first-order valence-corrected chi connectivity index (χ1v) is 5.50. The molecular weight excluding hydrogens is 279 g/mol. The van der Waals surface area contributed by atoms with Crippen LogP contribution in [-0.4, -0.2) is 4.98 Å². The highest BCUT2D eigenvalue weighted by Gasteiger charge is 2.32. The molecule has 1 aromatic carbocycles. The lowest BCUT2D eigenvalue weighted by Crippen LogP contribution is -2.08. The maximum atomic E-state index is 13.9. The Morgan fingerprint density at radius 3 is 2.35 bits per heavy atom. The maximum Gasteiger partial charge on any atom is 0.416 e. The number of aromatic nitrogens is 1. The average molecular weight is 288 g/mol. The summed E-state index contributed by atoms with van der Waals surface area (Å²) in [5.41, 5.74) is 3.15. The monoisotopic (exact) mass is 288 g/mol. The number of hydrogen-bond acceptors (Lipinski definition) is 2. The molecule has 2 N–H and O–H groups in total. The van der Waals surface area contributed by atoms with Crippen LogP contribution in [-0.2, 0) is 6.18 Å². The minimum absolute atomic E-state index is 0.0965. The largest absolute Gasteiger partial charge is 0.416 e. The van der Waals surface area contributed by atoms with E-state index in [0.29, 0.717) is 12.1 Å². The van der Waals surface area contributed by atoms with Crippen molar-refractivity contribution < 1.29 is 22.0 Å². The van der Waals surface area contributed by atoms with Crippen LogP contribution in [0.3, 0.4) is 0 Å². The average Bonchev–Trinajstić information content (AvgIpc) is 2.33. The highest BCUT2D eigenvalue weighted by atomic mass is 19.4. The Hall–Kier alpha value is -2.18. The summed E-state index contributed by atoms with van der Waals surface area (Å²) >= 11 is 0. The molecule has 0 spiro atoms. The third-order valence-corrected chi connectivity index (χ3v) is 2.71. The van der Waals surface area contributed by atoms with E-state index in [2.05, 4.69) is 4.98 Å². The Morgan fingerprint density at radius 1 is 1.10 bits per heavy atom. The van der Waals surface area contributed by atoms with Gasteiger partial charge in [0.15, 0.2) is 0 Å². The van der Waals surface area contributed by atoms with Gasteiger partial charge in [0.05, 0.1) is 16.8 Å². The minimum atomic E-state index is -4.68. The zero-order valence-electron chi connectivity index (χ0n) is 10.2. The fourth-order valence-corrected chi connectivity index (χ4v) is 1.74. The van der Waals surface area contributed by atoms with Crippen LogP contribution in [0.1, 0.15) is 11.1 Å². The van der Waals surface area contributed by atoms with Crippen molar-refractivity contribution in [2.24, 2.45) is 0 Å². The number of nitrogens with zero attached hydrogens (tertiary/aromatic N) is 1. The third kappa shape index (κ3) is 2.56. The van der Waals surface area contributed by atoms with E-state index in [4.69, 9.17) is 5.73 Å². The predicted molar refractivity (Wildman–Crippen MR) is 63.7 cm³/mol. The molecule has 0 bridgehead atoms. The molecule has 7 heteroatoms. The van der Waals surface area contributed by atoms with Gasteiger partial charge in [0.2, 0.25) is 0 Å². The van der Waals surface area contributed by atoms with Crippen molar-refractivity contribution in [2.75, 3.05) is 5.73 Å². The summed E-state index contributed by atoms with van der Waals surface area (Å²) in [6.45, 7) is 1.37. The molecule has 1 aromatic heterocycles. The molecule has 0 atom stereocenters. The highest BCUT2D eigenvalue weighted by molar-refractivity contribution is 5.64. The second-order valence-electron chi connectivity index (χ2n) is 4.22. The van der Waals surface area contributed by atoms with E-state index in [9.17, 15) is 22.0 Å². The Bertz CT molecular complexity index is 665. The molecule has 2 aromatic rings. The Labute approximate surface area is 111 Å². The quantitative estimate of drug-likeness (QED) is 0.807. The van der Waals surface area contributed by atoms with Crippen molar-refractivity contribution in [3.05, 3.63) is 47.0 Å². The predicted octanol–water partition coefficient (Wildman–Crippen LogP) is 3.94. The van der Waals surface area contributed by atoms with Gasteiger partial charge in [0, 0.05) is 0 Å². The van der Waals surface area contributed by atoms with E-state index in [1.165, 1.54) is 13.0 Å². The molecule has 0 unspecified atom stereocenters. The minimum Gasteiger partial charge on any atom is -0.384 e. The first kappa shape index (κ1) is 14.2. The van der Waals surface area contributed by atoms with Gasteiger partial charge in [0.25, 0.3) is 0 Å². The molecule has 0 aliphatic carbocycles. The van der Waals surface area contributed by atoms with Crippen LogP contribution in [0.2, 0.25) is 0 Å². The number of anilines is 1. The molecule has 0 aliphatic rings. The van der Waals surface area contributed by atoms with Crippen molar-refractivity contribution in [1.29, 1.82) is 0 Å². The zero-order valence-corrected chi connectivity index (χ0v) is 10.2. The molecule has 1 heterocycles. The number of nitrogens with two attached hydrogens (primary N) is 1. The molecule has 0 amide bonds. The van der Waals surface area contributed by atoms with Crippen LogP contribution in [0, 0.1) is 18.6 Å². The van der Waals surface area contributed by atoms with Gasteiger partial charge in [-0.2, -0.15) is 13.2 Å². The van der Waals surface area contributed by atoms with Crippen LogP contribution >= 0.6 is 0 Å². The van der Waals surface area contributed by atoms with Crippen molar-refractivity contribution in [3.8, 4) is 11.3 Å². The number of rotatable bonds is 1. The summed E-state index contributed by atoms with van der Waals surface area (Å²) in [5.74, 6) is -2.43. The number of halogens is 5. The summed E-state index contributed by atoms with van der Waals surface area (Å²) < 4.78 is 65.6. The lowest BCUT2D eigenvalue weighted by atomic mass is 10.0. The van der Waals surface area contributed by atoms with Crippen LogP contribution in [0.25, 0.3) is 11.3 Å². The normalized spacial score (nSPS) is 11.7. The number of pyridine rings is 1. The maximum absolute atomic E-state index is 13.9. The molecule has 0 radical (unpaired) electrons. The molecule has 106 valence electrons. The van der Waals surface area contributed by atoms with Crippen molar-refractivity contribution in [2.45, 2.75) is 13.1 Å².